The average Bonchev–Trinajstić information content (AvgIpc) is 2.92. The van der Waals surface area contributed by atoms with Crippen LogP contribution in [0.5, 0.6) is 5.75 Å². The Morgan fingerprint density at radius 1 is 0.471 bits per heavy atom. The van der Waals surface area contributed by atoms with E-state index in [9.17, 15) is 5.11 Å². The maximum absolute atomic E-state index is 11.4. The van der Waals surface area contributed by atoms with Gasteiger partial charge in [0.15, 0.2) is 0 Å². The second kappa shape index (κ2) is 11.5. The molecule has 1 nitrogen and oxygen atoms in total. The fourth-order valence-corrected chi connectivity index (χ4v) is 7.29. The molecular weight excluding hydrogens is 431 g/mol. The zero-order chi connectivity index (χ0) is 23.6. The topological polar surface area (TPSA) is 23.1 Å². The van der Waals surface area contributed by atoms with Gasteiger partial charge in [-0.05, 0) is 48.4 Å². The van der Waals surface area contributed by atoms with Gasteiger partial charge in [0.1, 0.15) is 23.2 Å². The fraction of sp³-hybridized carbons (Fsp3) is 0.0625. The van der Waals surface area contributed by atoms with Crippen molar-refractivity contribution < 1.29 is 5.11 Å². The van der Waals surface area contributed by atoms with E-state index in [4.69, 9.17) is 0 Å². The summed E-state index contributed by atoms with van der Waals surface area (Å²) in [6, 6.07) is 49.8. The van der Waals surface area contributed by atoms with Crippen LogP contribution >= 0.6 is 7.26 Å². The Morgan fingerprint density at radius 2 is 0.824 bits per heavy atom. The molecular formula is C32H29OP. The molecule has 0 saturated heterocycles. The molecule has 0 radical (unpaired) electrons. The highest BCUT2D eigenvalue weighted by Gasteiger charge is 2.39. The van der Waals surface area contributed by atoms with Crippen LogP contribution in [0.15, 0.2) is 146 Å². The Morgan fingerprint density at radius 3 is 1.24 bits per heavy atom. The summed E-state index contributed by atoms with van der Waals surface area (Å²) in [6.07, 6.45) is 0.723. The van der Waals surface area contributed by atoms with Crippen LogP contribution in [0.25, 0.3) is 0 Å². The van der Waals surface area contributed by atoms with Crippen molar-refractivity contribution in [2.75, 3.05) is 6.66 Å². The predicted octanol–water partition coefficient (Wildman–Crippen LogP) is 5.96. The zero-order valence-corrected chi connectivity index (χ0v) is 20.3. The van der Waals surface area contributed by atoms with E-state index in [0.29, 0.717) is 0 Å². The van der Waals surface area contributed by atoms with Crippen LogP contribution < -0.4 is 21.0 Å². The minimum Gasteiger partial charge on any atom is -0.872 e. The molecule has 0 aliphatic rings. The smallest absolute Gasteiger partial charge is 0.109 e. The van der Waals surface area contributed by atoms with Gasteiger partial charge < -0.3 is 5.11 Å². The number of rotatable bonds is 5. The van der Waals surface area contributed by atoms with Crippen LogP contribution in [-0.4, -0.2) is 6.66 Å². The second-order valence-electron chi connectivity index (χ2n) is 8.28. The van der Waals surface area contributed by atoms with Crippen molar-refractivity contribution in [3.63, 3.8) is 0 Å². The standard InChI is InChI=1S/C19H18P.C13H12O/c1-20(17-11-5-2-6-12-17,18-13-7-3-8-14-18)19-15-9-4-10-16-19;14-13-9-5-4-8-12(13)10-11-6-2-1-3-7-11/h2-16H,1H3;1-9,14H,10H2/q+1;/p-1. The molecule has 0 spiro atoms. The highest BCUT2D eigenvalue weighted by molar-refractivity contribution is 7.95. The van der Waals surface area contributed by atoms with Crippen molar-refractivity contribution in [2.45, 2.75) is 6.42 Å². The molecule has 168 valence electrons. The third-order valence-corrected chi connectivity index (χ3v) is 10.0. The second-order valence-corrected chi connectivity index (χ2v) is 11.8. The first-order valence-electron chi connectivity index (χ1n) is 11.5. The van der Waals surface area contributed by atoms with Crippen molar-refractivity contribution in [3.05, 3.63) is 157 Å². The SMILES string of the molecule is C[P+](c1ccccc1)(c1ccccc1)c1ccccc1.[O-]c1ccccc1Cc1ccccc1. The van der Waals surface area contributed by atoms with Gasteiger partial charge in [-0.3, -0.25) is 0 Å². The molecule has 5 rings (SSSR count). The summed E-state index contributed by atoms with van der Waals surface area (Å²) in [5, 5.41) is 15.7. The van der Waals surface area contributed by atoms with Gasteiger partial charge >= 0.3 is 0 Å². The summed E-state index contributed by atoms with van der Waals surface area (Å²) >= 11 is 0. The molecule has 0 heterocycles. The van der Waals surface area contributed by atoms with E-state index in [0.717, 1.165) is 12.0 Å². The zero-order valence-electron chi connectivity index (χ0n) is 19.4. The summed E-state index contributed by atoms with van der Waals surface area (Å²) in [5.41, 5.74) is 2.04. The van der Waals surface area contributed by atoms with Gasteiger partial charge in [-0.15, -0.1) is 5.75 Å². The normalized spacial score (nSPS) is 10.7. The van der Waals surface area contributed by atoms with Gasteiger partial charge in [-0.25, -0.2) is 0 Å². The van der Waals surface area contributed by atoms with Crippen molar-refractivity contribution >= 4 is 23.2 Å². The Labute approximate surface area is 203 Å². The molecule has 5 aromatic carbocycles. The van der Waals surface area contributed by atoms with Gasteiger partial charge in [-0.2, -0.15) is 0 Å². The van der Waals surface area contributed by atoms with E-state index >= 15 is 0 Å². The molecule has 34 heavy (non-hydrogen) atoms. The van der Waals surface area contributed by atoms with Crippen molar-refractivity contribution in [3.8, 4) is 5.75 Å². The first-order valence-corrected chi connectivity index (χ1v) is 13.7. The lowest BCUT2D eigenvalue weighted by Crippen LogP contribution is -2.30. The van der Waals surface area contributed by atoms with Gasteiger partial charge in [0.2, 0.25) is 0 Å². The third-order valence-electron chi connectivity index (χ3n) is 6.03. The van der Waals surface area contributed by atoms with E-state index in [1.165, 1.54) is 21.5 Å². The molecule has 2 heteroatoms. The molecule has 0 aliphatic carbocycles. The molecule has 0 atom stereocenters. The van der Waals surface area contributed by atoms with E-state index < -0.39 is 7.26 Å². The quantitative estimate of drug-likeness (QED) is 0.297. The Bertz CT molecular complexity index is 1170. The third kappa shape index (κ3) is 5.63. The van der Waals surface area contributed by atoms with Gasteiger partial charge in [-0.1, -0.05) is 115 Å². The Hall–Kier alpha value is -3.67. The summed E-state index contributed by atoms with van der Waals surface area (Å²) in [4.78, 5) is 0. The lowest BCUT2D eigenvalue weighted by Gasteiger charge is -2.22. The van der Waals surface area contributed by atoms with Crippen molar-refractivity contribution in [2.24, 2.45) is 0 Å². The fourth-order valence-electron chi connectivity index (χ4n) is 4.09. The first-order chi connectivity index (χ1) is 16.7. The van der Waals surface area contributed by atoms with Crippen molar-refractivity contribution in [1.29, 1.82) is 0 Å². The largest absolute Gasteiger partial charge is 0.872 e. The van der Waals surface area contributed by atoms with Gasteiger partial charge in [0, 0.05) is 0 Å². The summed E-state index contributed by atoms with van der Waals surface area (Å²) < 4.78 is 0. The molecule has 0 amide bonds. The maximum Gasteiger partial charge on any atom is 0.109 e. The van der Waals surface area contributed by atoms with E-state index in [2.05, 4.69) is 97.7 Å². The summed E-state index contributed by atoms with van der Waals surface area (Å²) in [5.74, 6) is 0.122. The van der Waals surface area contributed by atoms with Gasteiger partial charge in [0.05, 0.1) is 6.66 Å². The molecule has 0 unspecified atom stereocenters. The van der Waals surface area contributed by atoms with Crippen LogP contribution in [0.3, 0.4) is 0 Å². The number of hydrogen-bond acceptors (Lipinski definition) is 1. The van der Waals surface area contributed by atoms with Gasteiger partial charge in [0.25, 0.3) is 0 Å². The molecule has 0 aromatic heterocycles. The minimum absolute atomic E-state index is 0.122. The van der Waals surface area contributed by atoms with Crippen molar-refractivity contribution in [1.82, 2.24) is 0 Å². The van der Waals surface area contributed by atoms with E-state index in [1.807, 2.05) is 42.5 Å². The highest BCUT2D eigenvalue weighted by Crippen LogP contribution is 2.51. The average molecular weight is 461 g/mol. The lowest BCUT2D eigenvalue weighted by molar-refractivity contribution is -0.269. The first kappa shape index (κ1) is 23.5. The minimum atomic E-state index is -1.53. The van der Waals surface area contributed by atoms with Crippen LogP contribution in [0, 0.1) is 0 Å². The Balaban J connectivity index is 0.000000172. The molecule has 0 fully saturated rings. The number of para-hydroxylation sites is 1. The molecule has 0 N–H and O–H groups in total. The van der Waals surface area contributed by atoms with E-state index in [1.54, 1.807) is 12.1 Å². The predicted molar refractivity (Wildman–Crippen MR) is 146 cm³/mol. The van der Waals surface area contributed by atoms with Crippen LogP contribution in [0.2, 0.25) is 0 Å². The van der Waals surface area contributed by atoms with Crippen LogP contribution in [0.4, 0.5) is 0 Å². The Kier molecular flexibility index (Phi) is 7.91. The lowest BCUT2D eigenvalue weighted by atomic mass is 10.0. The number of benzene rings is 5. The molecule has 0 saturated carbocycles. The molecule has 5 aromatic rings. The monoisotopic (exact) mass is 460 g/mol. The maximum atomic E-state index is 11.4. The molecule has 0 aliphatic heterocycles. The molecule has 0 bridgehead atoms. The van der Waals surface area contributed by atoms with Crippen LogP contribution in [0.1, 0.15) is 11.1 Å². The van der Waals surface area contributed by atoms with Crippen LogP contribution in [-0.2, 0) is 6.42 Å². The van der Waals surface area contributed by atoms with E-state index in [-0.39, 0.29) is 5.75 Å². The number of hydrogen-bond donors (Lipinski definition) is 0. The summed E-state index contributed by atoms with van der Waals surface area (Å²) in [6.45, 7) is 2.41. The highest BCUT2D eigenvalue weighted by atomic mass is 31.2. The summed E-state index contributed by atoms with van der Waals surface area (Å²) in [7, 11) is -1.53.